The van der Waals surface area contributed by atoms with Gasteiger partial charge in [0.2, 0.25) is 11.8 Å². The number of carbonyl (C=O) groups excluding carboxylic acids is 2. The van der Waals surface area contributed by atoms with Crippen molar-refractivity contribution < 1.29 is 9.59 Å². The van der Waals surface area contributed by atoms with E-state index in [9.17, 15) is 9.59 Å². The minimum absolute atomic E-state index is 0.0184. The van der Waals surface area contributed by atoms with Crippen molar-refractivity contribution >= 4 is 17.5 Å². The normalized spacial score (nSPS) is 15.3. The fourth-order valence-electron chi connectivity index (χ4n) is 2.69. The van der Waals surface area contributed by atoms with Gasteiger partial charge in [-0.1, -0.05) is 18.6 Å². The van der Waals surface area contributed by atoms with Gasteiger partial charge in [0.1, 0.15) is 6.04 Å². The van der Waals surface area contributed by atoms with Gasteiger partial charge >= 0.3 is 0 Å². The van der Waals surface area contributed by atoms with Crippen molar-refractivity contribution in [2.45, 2.75) is 45.1 Å². The molecule has 1 fully saturated rings. The molecule has 0 spiro atoms. The predicted octanol–water partition coefficient (Wildman–Crippen LogP) is 2.11. The zero-order valence-electron chi connectivity index (χ0n) is 15.0. The standard InChI is InChI=1S/C19H29N3O2/c1-14(21-19(24)16-7-4-8-16)18(23)20-13-5-6-15-9-11-17(12-10-15)22(2)3/h9-12,14,16H,4-8,13H2,1-3H3,(H,20,23)(H,21,24)/t14-/m0/s1. The Kier molecular flexibility index (Phi) is 6.64. The van der Waals surface area contributed by atoms with Gasteiger partial charge < -0.3 is 15.5 Å². The second-order valence-corrected chi connectivity index (χ2v) is 6.81. The second kappa shape index (κ2) is 8.71. The molecule has 1 aromatic rings. The lowest BCUT2D eigenvalue weighted by Gasteiger charge is -2.25. The number of amides is 2. The number of anilines is 1. The molecule has 1 aliphatic carbocycles. The van der Waals surface area contributed by atoms with Crippen molar-refractivity contribution in [3.8, 4) is 0 Å². The van der Waals surface area contributed by atoms with E-state index in [1.807, 2.05) is 14.1 Å². The molecule has 0 radical (unpaired) electrons. The Balaban J connectivity index is 1.63. The summed E-state index contributed by atoms with van der Waals surface area (Å²) in [5, 5.41) is 5.70. The van der Waals surface area contributed by atoms with E-state index in [1.54, 1.807) is 6.92 Å². The number of carbonyl (C=O) groups is 2. The number of nitrogens with one attached hydrogen (secondary N) is 2. The van der Waals surface area contributed by atoms with E-state index >= 15 is 0 Å². The first-order valence-corrected chi connectivity index (χ1v) is 8.81. The fraction of sp³-hybridized carbons (Fsp3) is 0.579. The Bertz CT molecular complexity index is 550. The molecule has 1 aromatic carbocycles. The van der Waals surface area contributed by atoms with Gasteiger partial charge in [-0.05, 0) is 50.3 Å². The molecule has 1 saturated carbocycles. The summed E-state index contributed by atoms with van der Waals surface area (Å²) in [7, 11) is 4.05. The van der Waals surface area contributed by atoms with Crippen LogP contribution < -0.4 is 15.5 Å². The Hall–Kier alpha value is -2.04. The monoisotopic (exact) mass is 331 g/mol. The highest BCUT2D eigenvalue weighted by atomic mass is 16.2. The lowest BCUT2D eigenvalue weighted by Crippen LogP contribution is -2.47. The molecular formula is C19H29N3O2. The molecule has 0 unspecified atom stereocenters. The average Bonchev–Trinajstić information content (AvgIpc) is 2.49. The van der Waals surface area contributed by atoms with Gasteiger partial charge in [-0.25, -0.2) is 0 Å². The Morgan fingerprint density at radius 1 is 1.21 bits per heavy atom. The van der Waals surface area contributed by atoms with Crippen LogP contribution in [0.25, 0.3) is 0 Å². The second-order valence-electron chi connectivity index (χ2n) is 6.81. The van der Waals surface area contributed by atoms with Crippen LogP contribution in [-0.2, 0) is 16.0 Å². The maximum Gasteiger partial charge on any atom is 0.242 e. The van der Waals surface area contributed by atoms with Gasteiger partial charge in [0.15, 0.2) is 0 Å². The van der Waals surface area contributed by atoms with Gasteiger partial charge in [-0.3, -0.25) is 9.59 Å². The number of benzene rings is 1. The van der Waals surface area contributed by atoms with E-state index in [2.05, 4.69) is 39.8 Å². The molecule has 24 heavy (non-hydrogen) atoms. The van der Waals surface area contributed by atoms with Gasteiger partial charge in [0, 0.05) is 32.2 Å². The van der Waals surface area contributed by atoms with Gasteiger partial charge in [-0.2, -0.15) is 0 Å². The van der Waals surface area contributed by atoms with Crippen LogP contribution in [0, 0.1) is 5.92 Å². The van der Waals surface area contributed by atoms with E-state index < -0.39 is 6.04 Å². The van der Waals surface area contributed by atoms with Gasteiger partial charge in [0.25, 0.3) is 0 Å². The fourth-order valence-corrected chi connectivity index (χ4v) is 2.69. The summed E-state index contributed by atoms with van der Waals surface area (Å²) < 4.78 is 0. The van der Waals surface area contributed by atoms with Crippen LogP contribution in [0.1, 0.15) is 38.2 Å². The number of aryl methyl sites for hydroxylation is 1. The molecule has 5 nitrogen and oxygen atoms in total. The molecule has 0 saturated heterocycles. The molecule has 2 N–H and O–H groups in total. The first-order valence-electron chi connectivity index (χ1n) is 8.81. The highest BCUT2D eigenvalue weighted by Gasteiger charge is 2.27. The van der Waals surface area contributed by atoms with Crippen LogP contribution in [0.2, 0.25) is 0 Å². The van der Waals surface area contributed by atoms with Crippen molar-refractivity contribution in [3.63, 3.8) is 0 Å². The molecule has 2 rings (SSSR count). The largest absolute Gasteiger partial charge is 0.378 e. The summed E-state index contributed by atoms with van der Waals surface area (Å²) in [5.74, 6) is 0.0286. The zero-order chi connectivity index (χ0) is 17.5. The van der Waals surface area contributed by atoms with Crippen molar-refractivity contribution in [2.75, 3.05) is 25.5 Å². The van der Waals surface area contributed by atoms with E-state index in [0.717, 1.165) is 32.1 Å². The van der Waals surface area contributed by atoms with Crippen LogP contribution in [0.4, 0.5) is 5.69 Å². The summed E-state index contributed by atoms with van der Waals surface area (Å²) in [4.78, 5) is 25.9. The Labute approximate surface area is 144 Å². The molecule has 0 heterocycles. The van der Waals surface area contributed by atoms with E-state index in [-0.39, 0.29) is 17.7 Å². The third-order valence-electron chi connectivity index (χ3n) is 4.62. The van der Waals surface area contributed by atoms with Crippen molar-refractivity contribution in [1.29, 1.82) is 0 Å². The number of rotatable bonds is 8. The van der Waals surface area contributed by atoms with E-state index in [0.29, 0.717) is 6.54 Å². The van der Waals surface area contributed by atoms with Crippen LogP contribution in [0.5, 0.6) is 0 Å². The quantitative estimate of drug-likeness (QED) is 0.717. The number of hydrogen-bond acceptors (Lipinski definition) is 3. The molecule has 1 atom stereocenters. The SMILES string of the molecule is C[C@H](NC(=O)C1CCC1)C(=O)NCCCc1ccc(N(C)C)cc1. The third kappa shape index (κ3) is 5.25. The van der Waals surface area contributed by atoms with Crippen LogP contribution in [-0.4, -0.2) is 38.5 Å². The molecule has 132 valence electrons. The summed E-state index contributed by atoms with van der Waals surface area (Å²) in [6, 6.07) is 7.99. The predicted molar refractivity (Wildman–Crippen MR) is 97.0 cm³/mol. The summed E-state index contributed by atoms with van der Waals surface area (Å²) in [5.41, 5.74) is 2.45. The van der Waals surface area contributed by atoms with E-state index in [4.69, 9.17) is 0 Å². The van der Waals surface area contributed by atoms with Crippen molar-refractivity contribution in [1.82, 2.24) is 10.6 Å². The lowest BCUT2D eigenvalue weighted by molar-refractivity contribution is -0.132. The zero-order valence-corrected chi connectivity index (χ0v) is 15.0. The first kappa shape index (κ1) is 18.3. The minimum atomic E-state index is -0.461. The first-order chi connectivity index (χ1) is 11.5. The Morgan fingerprint density at radius 2 is 1.88 bits per heavy atom. The summed E-state index contributed by atoms with van der Waals surface area (Å²) in [6.45, 7) is 2.36. The molecule has 5 heteroatoms. The third-order valence-corrected chi connectivity index (χ3v) is 4.62. The number of hydrogen-bond donors (Lipinski definition) is 2. The summed E-state index contributed by atoms with van der Waals surface area (Å²) >= 11 is 0. The molecular weight excluding hydrogens is 302 g/mol. The van der Waals surface area contributed by atoms with Gasteiger partial charge in [-0.15, -0.1) is 0 Å². The van der Waals surface area contributed by atoms with Crippen molar-refractivity contribution in [2.24, 2.45) is 5.92 Å². The lowest BCUT2D eigenvalue weighted by atomic mass is 9.84. The highest BCUT2D eigenvalue weighted by molar-refractivity contribution is 5.88. The highest BCUT2D eigenvalue weighted by Crippen LogP contribution is 2.26. The van der Waals surface area contributed by atoms with Gasteiger partial charge in [0.05, 0.1) is 0 Å². The topological polar surface area (TPSA) is 61.4 Å². The molecule has 1 aliphatic rings. The molecule has 2 amide bonds. The Morgan fingerprint density at radius 3 is 2.42 bits per heavy atom. The average molecular weight is 331 g/mol. The molecule has 0 aliphatic heterocycles. The van der Waals surface area contributed by atoms with Crippen LogP contribution in [0.15, 0.2) is 24.3 Å². The molecule has 0 aromatic heterocycles. The molecule has 0 bridgehead atoms. The summed E-state index contributed by atoms with van der Waals surface area (Å²) in [6.07, 6.45) is 4.83. The smallest absolute Gasteiger partial charge is 0.242 e. The van der Waals surface area contributed by atoms with Crippen LogP contribution >= 0.6 is 0 Å². The maximum atomic E-state index is 12.0. The van der Waals surface area contributed by atoms with E-state index in [1.165, 1.54) is 11.3 Å². The maximum absolute atomic E-state index is 12.0. The van der Waals surface area contributed by atoms with Crippen LogP contribution in [0.3, 0.4) is 0 Å². The number of nitrogens with zero attached hydrogens (tertiary/aromatic N) is 1. The minimum Gasteiger partial charge on any atom is -0.378 e. The van der Waals surface area contributed by atoms with Crippen molar-refractivity contribution in [3.05, 3.63) is 29.8 Å².